The predicted molar refractivity (Wildman–Crippen MR) is 55.1 cm³/mol. The molecular weight excluding hydrogens is 229 g/mol. The Labute approximate surface area is 81.1 Å². The van der Waals surface area contributed by atoms with Gasteiger partial charge in [-0.05, 0) is 19.2 Å². The molecule has 60 valence electrons. The van der Waals surface area contributed by atoms with Crippen LogP contribution in [0.2, 0.25) is 0 Å². The van der Waals surface area contributed by atoms with Crippen LogP contribution in [-0.4, -0.2) is 5.88 Å². The highest BCUT2D eigenvalue weighted by Crippen LogP contribution is 2.59. The summed E-state index contributed by atoms with van der Waals surface area (Å²) in [5, 5.41) is 0. The lowest BCUT2D eigenvalue weighted by molar-refractivity contribution is 1.12. The van der Waals surface area contributed by atoms with Crippen molar-refractivity contribution in [2.75, 3.05) is 5.88 Å². The quantitative estimate of drug-likeness (QED) is 0.521. The summed E-state index contributed by atoms with van der Waals surface area (Å²) in [5.41, 5.74) is 1.07. The van der Waals surface area contributed by atoms with Gasteiger partial charge in [-0.1, -0.05) is 39.9 Å². The van der Waals surface area contributed by atoms with Crippen molar-refractivity contribution in [2.45, 2.75) is 13.3 Å². The second-order valence-corrected chi connectivity index (χ2v) is 10.2. The summed E-state index contributed by atoms with van der Waals surface area (Å²) in [5.74, 6) is 2.32. The van der Waals surface area contributed by atoms with Crippen LogP contribution >= 0.6 is 38.8 Å². The lowest BCUT2D eigenvalue weighted by atomic mass is 10.3. The summed E-state index contributed by atoms with van der Waals surface area (Å²) < 4.78 is -2.19. The molecule has 5 heteroatoms. The molecule has 0 aromatic carbocycles. The van der Waals surface area contributed by atoms with Gasteiger partial charge < -0.3 is 0 Å². The van der Waals surface area contributed by atoms with Gasteiger partial charge in [-0.25, -0.2) is 0 Å². The average Bonchev–Trinajstić information content (AvgIpc) is 1.59. The summed E-state index contributed by atoms with van der Waals surface area (Å²) >= 11 is 21.5. The molecule has 0 nitrogen and oxygen atoms in total. The van der Waals surface area contributed by atoms with E-state index in [0.29, 0.717) is 5.88 Å². The van der Waals surface area contributed by atoms with E-state index in [-0.39, 0.29) is 0 Å². The maximum atomic E-state index is 5.64. The van der Waals surface area contributed by atoms with E-state index in [1.807, 2.05) is 6.92 Å². The van der Waals surface area contributed by atoms with Gasteiger partial charge in [0.1, 0.15) is 4.74 Å². The van der Waals surface area contributed by atoms with Gasteiger partial charge in [0.15, 0.2) is 0 Å². The van der Waals surface area contributed by atoms with Crippen LogP contribution in [0.15, 0.2) is 11.4 Å². The highest BCUT2D eigenvalue weighted by Gasteiger charge is 2.02. The monoisotopic (exact) mass is 236 g/mol. The van der Waals surface area contributed by atoms with Crippen LogP contribution in [0.3, 0.4) is 0 Å². The third-order valence-corrected chi connectivity index (χ3v) is 2.69. The number of hydrogen-bond acceptors (Lipinski definition) is 1. The third-order valence-electron chi connectivity index (χ3n) is 0.860. The van der Waals surface area contributed by atoms with Crippen LogP contribution in [0.1, 0.15) is 13.3 Å². The molecule has 0 unspecified atom stereocenters. The van der Waals surface area contributed by atoms with E-state index < -0.39 is 4.74 Å². The number of rotatable bonds is 3. The van der Waals surface area contributed by atoms with Crippen LogP contribution in [0.25, 0.3) is 0 Å². The fraction of sp³-hybridized carbons (Fsp3) is 0.600. The van der Waals surface area contributed by atoms with Crippen molar-refractivity contribution in [3.63, 3.8) is 0 Å². The van der Waals surface area contributed by atoms with E-state index >= 15 is 0 Å². The molecular formula is C5H8Cl3PS. The molecule has 0 saturated heterocycles. The lowest BCUT2D eigenvalue weighted by Gasteiger charge is -1.99. The molecule has 0 aliphatic heterocycles. The number of alkyl halides is 1. The van der Waals surface area contributed by atoms with Crippen molar-refractivity contribution in [3.05, 3.63) is 11.4 Å². The molecule has 0 radical (unpaired) electrons. The Hall–Kier alpha value is 1.26. The molecule has 0 fully saturated rings. The van der Waals surface area contributed by atoms with E-state index in [2.05, 4.69) is 0 Å². The van der Waals surface area contributed by atoms with E-state index in [0.717, 1.165) is 12.0 Å². The Morgan fingerprint density at radius 2 is 2.10 bits per heavy atom. The molecule has 0 N–H and O–H groups in total. The minimum absolute atomic E-state index is 0.589. The minimum atomic E-state index is -2.19. The highest BCUT2D eigenvalue weighted by molar-refractivity contribution is 8.40. The molecule has 0 aromatic rings. The second kappa shape index (κ2) is 5.00. The van der Waals surface area contributed by atoms with Crippen molar-refractivity contribution in [3.8, 4) is 0 Å². The number of halogens is 3. The second-order valence-electron chi connectivity index (χ2n) is 1.92. The van der Waals surface area contributed by atoms with Gasteiger partial charge in [-0.15, -0.1) is 11.6 Å². The van der Waals surface area contributed by atoms with Gasteiger partial charge in [0.05, 0.1) is 0 Å². The zero-order valence-corrected chi connectivity index (χ0v) is 9.46. The van der Waals surface area contributed by atoms with E-state index in [1.165, 1.54) is 0 Å². The first-order valence-electron chi connectivity index (χ1n) is 2.69. The van der Waals surface area contributed by atoms with Gasteiger partial charge in [-0.3, -0.25) is 0 Å². The van der Waals surface area contributed by atoms with E-state index in [1.54, 1.807) is 5.82 Å². The van der Waals surface area contributed by atoms with Crippen molar-refractivity contribution in [2.24, 2.45) is 0 Å². The van der Waals surface area contributed by atoms with E-state index in [4.69, 9.17) is 45.9 Å². The maximum absolute atomic E-state index is 5.64. The summed E-state index contributed by atoms with van der Waals surface area (Å²) in [6.07, 6.45) is 0.805. The Morgan fingerprint density at radius 1 is 1.60 bits per heavy atom. The molecule has 0 heterocycles. The van der Waals surface area contributed by atoms with Crippen LogP contribution in [0, 0.1) is 0 Å². The zero-order chi connectivity index (χ0) is 8.20. The van der Waals surface area contributed by atoms with Gasteiger partial charge in [0.25, 0.3) is 0 Å². The molecule has 0 aliphatic rings. The first kappa shape index (κ1) is 11.3. The fourth-order valence-corrected chi connectivity index (χ4v) is 2.95. The first-order valence-corrected chi connectivity index (χ1v) is 7.90. The van der Waals surface area contributed by atoms with Crippen molar-refractivity contribution >= 4 is 50.6 Å². The highest BCUT2D eigenvalue weighted by atomic mass is 35.9. The average molecular weight is 238 g/mol. The molecule has 0 saturated carbocycles. The summed E-state index contributed by atoms with van der Waals surface area (Å²) in [4.78, 5) is 0. The fourth-order valence-electron chi connectivity index (χ4n) is 0.470. The van der Waals surface area contributed by atoms with Gasteiger partial charge in [-0.2, -0.15) is 0 Å². The van der Waals surface area contributed by atoms with Crippen LogP contribution in [0.5, 0.6) is 0 Å². The van der Waals surface area contributed by atoms with Gasteiger partial charge in [0.2, 0.25) is 0 Å². The van der Waals surface area contributed by atoms with Crippen LogP contribution in [-0.2, 0) is 11.8 Å². The Bertz CT molecular complexity index is 172. The van der Waals surface area contributed by atoms with Crippen molar-refractivity contribution < 1.29 is 0 Å². The zero-order valence-electron chi connectivity index (χ0n) is 5.48. The minimum Gasteiger partial charge on any atom is -0.126 e. The summed E-state index contributed by atoms with van der Waals surface area (Å²) in [7, 11) is 0. The van der Waals surface area contributed by atoms with Crippen LogP contribution < -0.4 is 0 Å². The lowest BCUT2D eigenvalue weighted by Crippen LogP contribution is -1.75. The molecule has 0 amide bonds. The topological polar surface area (TPSA) is 0 Å². The van der Waals surface area contributed by atoms with E-state index in [9.17, 15) is 0 Å². The summed E-state index contributed by atoms with van der Waals surface area (Å²) in [6.45, 7) is 1.92. The smallest absolute Gasteiger partial charge is 0.126 e. The van der Waals surface area contributed by atoms with Gasteiger partial charge in [0, 0.05) is 5.88 Å². The third kappa shape index (κ3) is 7.37. The van der Waals surface area contributed by atoms with Crippen molar-refractivity contribution in [1.29, 1.82) is 0 Å². The molecule has 0 atom stereocenters. The Morgan fingerprint density at radius 3 is 2.40 bits per heavy atom. The van der Waals surface area contributed by atoms with Crippen LogP contribution in [0.4, 0.5) is 0 Å². The Kier molecular flexibility index (Phi) is 5.63. The molecule has 10 heavy (non-hydrogen) atoms. The van der Waals surface area contributed by atoms with Gasteiger partial charge >= 0.3 is 0 Å². The molecule has 0 bridgehead atoms. The van der Waals surface area contributed by atoms with Crippen molar-refractivity contribution in [1.82, 2.24) is 0 Å². The summed E-state index contributed by atoms with van der Waals surface area (Å²) in [6, 6.07) is 0. The SMILES string of the molecule is C/C(=C\P(=S)(Cl)Cl)CCCl. The maximum Gasteiger partial charge on any atom is 0.140 e. The number of hydrogen-bond donors (Lipinski definition) is 0. The Balaban J connectivity index is 4.04. The normalized spacial score (nSPS) is 13.8. The molecule has 0 aliphatic carbocycles. The first-order chi connectivity index (χ1) is 4.45. The largest absolute Gasteiger partial charge is 0.140 e. The molecule has 0 rings (SSSR count). The molecule has 0 aromatic heterocycles. The standard InChI is InChI=1S/C5H8Cl3PS/c1-5(2-3-6)4-9(7,8)10/h4H,2-3H2,1H3/b5-4+. The predicted octanol–water partition coefficient (Wildman–Crippen LogP) is 4.31. The molecule has 0 spiro atoms. The number of allylic oxidation sites excluding steroid dienone is 1.